The van der Waals surface area contributed by atoms with Crippen LogP contribution in [0.4, 0.5) is 0 Å². The molecule has 2 unspecified atom stereocenters. The SMILES string of the molecule is CCC(C)C(O)Cc1c(C)nn(C)c1C. The van der Waals surface area contributed by atoms with Crippen LogP contribution >= 0.6 is 0 Å². The van der Waals surface area contributed by atoms with Gasteiger partial charge in [0.15, 0.2) is 0 Å². The maximum Gasteiger partial charge on any atom is 0.0629 e. The quantitative estimate of drug-likeness (QED) is 0.825. The molecule has 0 saturated heterocycles. The van der Waals surface area contributed by atoms with E-state index in [4.69, 9.17) is 0 Å². The van der Waals surface area contributed by atoms with Crippen molar-refractivity contribution in [2.45, 2.75) is 46.6 Å². The van der Waals surface area contributed by atoms with Gasteiger partial charge in [-0.3, -0.25) is 4.68 Å². The zero-order valence-corrected chi connectivity index (χ0v) is 10.4. The Balaban J connectivity index is 2.80. The Labute approximate surface area is 92.1 Å². The van der Waals surface area contributed by atoms with Gasteiger partial charge in [0.2, 0.25) is 0 Å². The third kappa shape index (κ3) is 2.59. The van der Waals surface area contributed by atoms with E-state index >= 15 is 0 Å². The summed E-state index contributed by atoms with van der Waals surface area (Å²) in [4.78, 5) is 0. The molecular formula is C12H22N2O. The molecule has 86 valence electrons. The van der Waals surface area contributed by atoms with Gasteiger partial charge in [-0.15, -0.1) is 0 Å². The van der Waals surface area contributed by atoms with Crippen molar-refractivity contribution in [1.82, 2.24) is 9.78 Å². The van der Waals surface area contributed by atoms with E-state index in [1.165, 1.54) is 5.56 Å². The maximum atomic E-state index is 9.99. The Morgan fingerprint density at radius 3 is 2.40 bits per heavy atom. The number of aliphatic hydroxyl groups excluding tert-OH is 1. The lowest BCUT2D eigenvalue weighted by Gasteiger charge is -2.17. The minimum atomic E-state index is -0.253. The molecule has 1 aromatic heterocycles. The smallest absolute Gasteiger partial charge is 0.0629 e. The number of aromatic nitrogens is 2. The molecule has 3 nitrogen and oxygen atoms in total. The zero-order valence-electron chi connectivity index (χ0n) is 10.4. The van der Waals surface area contributed by atoms with Crippen LogP contribution in [0, 0.1) is 19.8 Å². The number of rotatable bonds is 4. The Kier molecular flexibility index (Phi) is 3.91. The lowest BCUT2D eigenvalue weighted by atomic mass is 9.95. The first-order valence-electron chi connectivity index (χ1n) is 5.64. The number of hydrogen-bond donors (Lipinski definition) is 1. The van der Waals surface area contributed by atoms with Gasteiger partial charge in [-0.1, -0.05) is 20.3 Å². The van der Waals surface area contributed by atoms with Crippen molar-refractivity contribution in [3.63, 3.8) is 0 Å². The summed E-state index contributed by atoms with van der Waals surface area (Å²) in [6, 6.07) is 0. The second kappa shape index (κ2) is 4.79. The molecule has 0 bridgehead atoms. The summed E-state index contributed by atoms with van der Waals surface area (Å²) in [5.41, 5.74) is 3.40. The summed E-state index contributed by atoms with van der Waals surface area (Å²) in [5, 5.41) is 14.3. The normalized spacial score (nSPS) is 15.3. The lowest BCUT2D eigenvalue weighted by molar-refractivity contribution is 0.114. The van der Waals surface area contributed by atoms with Gasteiger partial charge in [0.25, 0.3) is 0 Å². The predicted molar refractivity (Wildman–Crippen MR) is 61.8 cm³/mol. The van der Waals surface area contributed by atoms with Gasteiger partial charge in [-0.05, 0) is 25.3 Å². The molecule has 0 fully saturated rings. The Morgan fingerprint density at radius 1 is 1.40 bits per heavy atom. The van der Waals surface area contributed by atoms with Crippen LogP contribution in [0.5, 0.6) is 0 Å². The molecule has 0 amide bonds. The first-order valence-corrected chi connectivity index (χ1v) is 5.64. The fraction of sp³-hybridized carbons (Fsp3) is 0.750. The van der Waals surface area contributed by atoms with Gasteiger partial charge in [-0.2, -0.15) is 5.10 Å². The summed E-state index contributed by atoms with van der Waals surface area (Å²) in [6.45, 7) is 8.26. The van der Waals surface area contributed by atoms with Crippen LogP contribution in [-0.4, -0.2) is 21.0 Å². The van der Waals surface area contributed by atoms with E-state index in [1.54, 1.807) is 0 Å². The lowest BCUT2D eigenvalue weighted by Crippen LogP contribution is -2.20. The van der Waals surface area contributed by atoms with Crippen molar-refractivity contribution < 1.29 is 5.11 Å². The van der Waals surface area contributed by atoms with Crippen LogP contribution in [0.25, 0.3) is 0 Å². The van der Waals surface area contributed by atoms with Gasteiger partial charge in [0.1, 0.15) is 0 Å². The molecular weight excluding hydrogens is 188 g/mol. The zero-order chi connectivity index (χ0) is 11.6. The van der Waals surface area contributed by atoms with Crippen LogP contribution in [0.2, 0.25) is 0 Å². The largest absolute Gasteiger partial charge is 0.393 e. The molecule has 3 heteroatoms. The van der Waals surface area contributed by atoms with E-state index in [1.807, 2.05) is 18.7 Å². The van der Waals surface area contributed by atoms with E-state index in [-0.39, 0.29) is 6.10 Å². The maximum absolute atomic E-state index is 9.99. The van der Waals surface area contributed by atoms with Gasteiger partial charge < -0.3 is 5.11 Å². The van der Waals surface area contributed by atoms with Gasteiger partial charge in [0.05, 0.1) is 11.8 Å². The minimum Gasteiger partial charge on any atom is -0.393 e. The second-order valence-corrected chi connectivity index (χ2v) is 4.43. The van der Waals surface area contributed by atoms with E-state index < -0.39 is 0 Å². The second-order valence-electron chi connectivity index (χ2n) is 4.43. The molecule has 0 aliphatic carbocycles. The topological polar surface area (TPSA) is 38.1 Å². The fourth-order valence-electron chi connectivity index (χ4n) is 1.80. The Bertz CT molecular complexity index is 331. The van der Waals surface area contributed by atoms with Crippen molar-refractivity contribution in [3.8, 4) is 0 Å². The van der Waals surface area contributed by atoms with Crippen LogP contribution in [0.3, 0.4) is 0 Å². The number of aliphatic hydroxyl groups is 1. The molecule has 1 heterocycles. The van der Waals surface area contributed by atoms with Crippen LogP contribution < -0.4 is 0 Å². The average molecular weight is 210 g/mol. The summed E-state index contributed by atoms with van der Waals surface area (Å²) in [5.74, 6) is 0.351. The van der Waals surface area contributed by atoms with Gasteiger partial charge in [0, 0.05) is 19.2 Å². The molecule has 0 aliphatic rings. The standard InChI is InChI=1S/C12H22N2O/c1-6-8(2)12(15)7-11-9(3)13-14(5)10(11)4/h8,12,15H,6-7H2,1-5H3. The highest BCUT2D eigenvalue weighted by Crippen LogP contribution is 2.18. The molecule has 15 heavy (non-hydrogen) atoms. The highest BCUT2D eigenvalue weighted by Gasteiger charge is 2.17. The summed E-state index contributed by atoms with van der Waals surface area (Å²) < 4.78 is 1.88. The van der Waals surface area contributed by atoms with Crippen molar-refractivity contribution in [2.75, 3.05) is 0 Å². The van der Waals surface area contributed by atoms with E-state index in [0.717, 1.165) is 24.2 Å². The molecule has 1 rings (SSSR count). The molecule has 0 spiro atoms. The fourth-order valence-corrected chi connectivity index (χ4v) is 1.80. The predicted octanol–water partition coefficient (Wildman–Crippen LogP) is 1.99. The number of nitrogens with zero attached hydrogens (tertiary/aromatic N) is 2. The summed E-state index contributed by atoms with van der Waals surface area (Å²) >= 11 is 0. The minimum absolute atomic E-state index is 0.253. The monoisotopic (exact) mass is 210 g/mol. The van der Waals surface area contributed by atoms with Crippen molar-refractivity contribution in [2.24, 2.45) is 13.0 Å². The van der Waals surface area contributed by atoms with Gasteiger partial charge >= 0.3 is 0 Å². The molecule has 0 radical (unpaired) electrons. The molecule has 1 aromatic rings. The highest BCUT2D eigenvalue weighted by molar-refractivity contribution is 5.25. The first kappa shape index (κ1) is 12.2. The average Bonchev–Trinajstić information content (AvgIpc) is 2.43. The first-order chi connectivity index (χ1) is 6.97. The van der Waals surface area contributed by atoms with E-state index in [9.17, 15) is 5.11 Å². The summed E-state index contributed by atoms with van der Waals surface area (Å²) in [7, 11) is 1.95. The number of aryl methyl sites for hydroxylation is 2. The highest BCUT2D eigenvalue weighted by atomic mass is 16.3. The molecule has 0 aromatic carbocycles. The van der Waals surface area contributed by atoms with E-state index in [0.29, 0.717) is 5.92 Å². The summed E-state index contributed by atoms with van der Waals surface area (Å²) in [6.07, 6.45) is 1.48. The number of hydrogen-bond acceptors (Lipinski definition) is 2. The molecule has 1 N–H and O–H groups in total. The van der Waals surface area contributed by atoms with Crippen LogP contribution in [-0.2, 0) is 13.5 Å². The molecule has 0 saturated carbocycles. The van der Waals surface area contributed by atoms with Crippen molar-refractivity contribution in [1.29, 1.82) is 0 Å². The van der Waals surface area contributed by atoms with Crippen molar-refractivity contribution >= 4 is 0 Å². The van der Waals surface area contributed by atoms with Gasteiger partial charge in [-0.25, -0.2) is 0 Å². The Hall–Kier alpha value is -0.830. The molecule has 0 aliphatic heterocycles. The Morgan fingerprint density at radius 2 is 2.00 bits per heavy atom. The van der Waals surface area contributed by atoms with Crippen LogP contribution in [0.15, 0.2) is 0 Å². The molecule has 2 atom stereocenters. The van der Waals surface area contributed by atoms with E-state index in [2.05, 4.69) is 25.9 Å². The van der Waals surface area contributed by atoms with Crippen molar-refractivity contribution in [3.05, 3.63) is 17.0 Å². The third-order valence-electron chi connectivity index (χ3n) is 3.37. The third-order valence-corrected chi connectivity index (χ3v) is 3.37. The van der Waals surface area contributed by atoms with Crippen LogP contribution in [0.1, 0.15) is 37.2 Å².